The van der Waals surface area contributed by atoms with Crippen LogP contribution in [0.15, 0.2) is 0 Å². The summed E-state index contributed by atoms with van der Waals surface area (Å²) in [5.74, 6) is 0. The Hall–Kier alpha value is -0.240. The average molecular weight is 306 g/mol. The highest BCUT2D eigenvalue weighted by Gasteiger charge is 2.51. The fourth-order valence-corrected chi connectivity index (χ4v) is 2.46. The second-order valence-corrected chi connectivity index (χ2v) is 6.02. The second kappa shape index (κ2) is 9.02. The third-order valence-electron chi connectivity index (χ3n) is 4.06. The summed E-state index contributed by atoms with van der Waals surface area (Å²) in [6, 6.07) is 0. The molecule has 126 valence electrons. The number of ether oxygens (including phenoxy) is 2. The molecular weight excluding hydrogens is 276 g/mol. The highest BCUT2D eigenvalue weighted by atomic mass is 16.7. The van der Waals surface area contributed by atoms with E-state index in [0.717, 1.165) is 19.3 Å². The van der Waals surface area contributed by atoms with E-state index in [0.29, 0.717) is 6.61 Å². The van der Waals surface area contributed by atoms with Crippen molar-refractivity contribution in [2.75, 3.05) is 13.2 Å². The maximum Gasteiger partial charge on any atom is 0.186 e. The molecule has 0 aromatic rings. The fraction of sp³-hybridized carbons (Fsp3) is 1.00. The molecule has 1 saturated heterocycles. The minimum atomic E-state index is -1.40. The monoisotopic (exact) mass is 306 g/mol. The maximum absolute atomic E-state index is 9.87. The van der Waals surface area contributed by atoms with Crippen LogP contribution >= 0.6 is 0 Å². The molecule has 0 aromatic heterocycles. The van der Waals surface area contributed by atoms with E-state index >= 15 is 0 Å². The molecular formula is C15H30O6. The van der Waals surface area contributed by atoms with E-state index in [4.69, 9.17) is 9.47 Å². The van der Waals surface area contributed by atoms with Gasteiger partial charge in [0.2, 0.25) is 0 Å². The Morgan fingerprint density at radius 2 is 1.62 bits per heavy atom. The van der Waals surface area contributed by atoms with Crippen molar-refractivity contribution >= 4 is 0 Å². The Morgan fingerprint density at radius 1 is 1.00 bits per heavy atom. The van der Waals surface area contributed by atoms with E-state index in [1.807, 2.05) is 0 Å². The van der Waals surface area contributed by atoms with Gasteiger partial charge in [0.1, 0.15) is 23.9 Å². The van der Waals surface area contributed by atoms with Crippen molar-refractivity contribution in [2.24, 2.45) is 0 Å². The minimum Gasteiger partial charge on any atom is -0.393 e. The third kappa shape index (κ3) is 5.16. The summed E-state index contributed by atoms with van der Waals surface area (Å²) in [5, 5.41) is 38.8. The van der Waals surface area contributed by atoms with Crippen LogP contribution in [0.1, 0.15) is 52.4 Å². The van der Waals surface area contributed by atoms with Gasteiger partial charge in [0.05, 0.1) is 6.61 Å². The van der Waals surface area contributed by atoms with Crippen LogP contribution in [0.3, 0.4) is 0 Å². The van der Waals surface area contributed by atoms with Gasteiger partial charge in [-0.25, -0.2) is 0 Å². The summed E-state index contributed by atoms with van der Waals surface area (Å²) in [6.45, 7) is 3.60. The summed E-state index contributed by atoms with van der Waals surface area (Å²) in [6.07, 6.45) is 1.61. The lowest BCUT2D eigenvalue weighted by atomic mass is 9.89. The zero-order valence-corrected chi connectivity index (χ0v) is 13.1. The maximum atomic E-state index is 9.87. The van der Waals surface area contributed by atoms with Gasteiger partial charge in [0.15, 0.2) is 6.29 Å². The standard InChI is InChI=1S/C15H30O6/c1-3-4-5-6-7-8-9-20-14-12(18)11(17)13(19)15(2,10-16)21-14/h11-14,16-19H,3-10H2,1-2H3/t11?,12?,13-,14+,15?/m0/s1. The van der Waals surface area contributed by atoms with Crippen LogP contribution in [-0.4, -0.2) is 63.8 Å². The molecule has 1 aliphatic rings. The molecule has 0 amide bonds. The van der Waals surface area contributed by atoms with Gasteiger partial charge in [0, 0.05) is 6.61 Å². The largest absolute Gasteiger partial charge is 0.393 e. The normalized spacial score (nSPS) is 36.9. The van der Waals surface area contributed by atoms with Gasteiger partial charge in [-0.3, -0.25) is 0 Å². The summed E-state index contributed by atoms with van der Waals surface area (Å²) >= 11 is 0. The smallest absolute Gasteiger partial charge is 0.186 e. The van der Waals surface area contributed by atoms with Crippen molar-refractivity contribution in [1.82, 2.24) is 0 Å². The quantitative estimate of drug-likeness (QED) is 0.464. The summed E-state index contributed by atoms with van der Waals surface area (Å²) in [5.41, 5.74) is -1.33. The molecule has 0 bridgehead atoms. The molecule has 5 atom stereocenters. The van der Waals surface area contributed by atoms with Crippen molar-refractivity contribution in [3.63, 3.8) is 0 Å². The molecule has 3 unspecified atom stereocenters. The lowest BCUT2D eigenvalue weighted by Gasteiger charge is -2.45. The Balaban J connectivity index is 2.33. The van der Waals surface area contributed by atoms with Crippen molar-refractivity contribution in [3.05, 3.63) is 0 Å². The predicted octanol–water partition coefficient (Wildman–Crippen LogP) is 0.553. The number of hydrogen-bond acceptors (Lipinski definition) is 6. The van der Waals surface area contributed by atoms with Crippen LogP contribution in [0.5, 0.6) is 0 Å². The van der Waals surface area contributed by atoms with Gasteiger partial charge < -0.3 is 29.9 Å². The van der Waals surface area contributed by atoms with Gasteiger partial charge in [-0.15, -0.1) is 0 Å². The first kappa shape index (κ1) is 18.8. The van der Waals surface area contributed by atoms with E-state index in [2.05, 4.69) is 6.92 Å². The van der Waals surface area contributed by atoms with Gasteiger partial charge in [0.25, 0.3) is 0 Å². The van der Waals surface area contributed by atoms with Gasteiger partial charge in [-0.05, 0) is 13.3 Å². The number of rotatable bonds is 9. The fourth-order valence-electron chi connectivity index (χ4n) is 2.46. The number of aliphatic hydroxyl groups is 4. The predicted molar refractivity (Wildman–Crippen MR) is 77.7 cm³/mol. The van der Waals surface area contributed by atoms with Gasteiger partial charge in [-0.1, -0.05) is 39.0 Å². The highest BCUT2D eigenvalue weighted by Crippen LogP contribution is 2.30. The second-order valence-electron chi connectivity index (χ2n) is 6.02. The molecule has 1 rings (SSSR count). The Bertz CT molecular complexity index is 287. The molecule has 6 heteroatoms. The molecule has 0 spiro atoms. The van der Waals surface area contributed by atoms with Crippen molar-refractivity contribution in [2.45, 2.75) is 82.6 Å². The van der Waals surface area contributed by atoms with E-state index in [1.165, 1.54) is 26.2 Å². The molecule has 0 radical (unpaired) electrons. The van der Waals surface area contributed by atoms with Gasteiger partial charge in [-0.2, -0.15) is 0 Å². The van der Waals surface area contributed by atoms with Crippen molar-refractivity contribution in [1.29, 1.82) is 0 Å². The molecule has 1 heterocycles. The SMILES string of the molecule is CCCCCCCCO[C@@H]1OC(C)(CO)[C@@H](O)C(O)C1O. The van der Waals surface area contributed by atoms with Crippen LogP contribution in [0.25, 0.3) is 0 Å². The van der Waals surface area contributed by atoms with Crippen LogP contribution in [0.2, 0.25) is 0 Å². The molecule has 1 fully saturated rings. The summed E-state index contributed by atoms with van der Waals surface area (Å²) in [4.78, 5) is 0. The van der Waals surface area contributed by atoms with Crippen LogP contribution in [-0.2, 0) is 9.47 Å². The molecule has 0 aliphatic carbocycles. The molecule has 6 nitrogen and oxygen atoms in total. The average Bonchev–Trinajstić information content (AvgIpc) is 2.49. The highest BCUT2D eigenvalue weighted by molar-refractivity contribution is 4.97. The lowest BCUT2D eigenvalue weighted by molar-refractivity contribution is -0.333. The lowest BCUT2D eigenvalue weighted by Crippen LogP contribution is -2.65. The topological polar surface area (TPSA) is 99.4 Å². The first-order valence-corrected chi connectivity index (χ1v) is 7.90. The first-order chi connectivity index (χ1) is 9.96. The van der Waals surface area contributed by atoms with E-state index in [-0.39, 0.29) is 0 Å². The summed E-state index contributed by atoms with van der Waals surface area (Å²) < 4.78 is 10.9. The van der Waals surface area contributed by atoms with E-state index < -0.39 is 36.8 Å². The number of hydrogen-bond donors (Lipinski definition) is 4. The molecule has 0 saturated carbocycles. The third-order valence-corrected chi connectivity index (χ3v) is 4.06. The molecule has 21 heavy (non-hydrogen) atoms. The Morgan fingerprint density at radius 3 is 2.24 bits per heavy atom. The zero-order chi connectivity index (χ0) is 15.9. The van der Waals surface area contributed by atoms with Crippen molar-refractivity contribution < 1.29 is 29.9 Å². The van der Waals surface area contributed by atoms with Crippen LogP contribution in [0.4, 0.5) is 0 Å². The number of unbranched alkanes of at least 4 members (excludes halogenated alkanes) is 5. The van der Waals surface area contributed by atoms with Crippen LogP contribution < -0.4 is 0 Å². The van der Waals surface area contributed by atoms with Gasteiger partial charge >= 0.3 is 0 Å². The van der Waals surface area contributed by atoms with Crippen molar-refractivity contribution in [3.8, 4) is 0 Å². The molecule has 1 aliphatic heterocycles. The molecule has 4 N–H and O–H groups in total. The van der Waals surface area contributed by atoms with E-state index in [9.17, 15) is 20.4 Å². The summed E-state index contributed by atoms with van der Waals surface area (Å²) in [7, 11) is 0. The Labute approximate surface area is 126 Å². The Kier molecular flexibility index (Phi) is 8.08. The molecule has 0 aromatic carbocycles. The first-order valence-electron chi connectivity index (χ1n) is 7.90. The minimum absolute atomic E-state index is 0.415. The van der Waals surface area contributed by atoms with Crippen LogP contribution in [0, 0.1) is 0 Å². The number of aliphatic hydroxyl groups excluding tert-OH is 4. The van der Waals surface area contributed by atoms with E-state index in [1.54, 1.807) is 0 Å². The zero-order valence-electron chi connectivity index (χ0n) is 13.1.